The molecule has 1 amide bonds. The molecule has 0 spiro atoms. The molecule has 0 aliphatic heterocycles. The van der Waals surface area contributed by atoms with Gasteiger partial charge in [0.25, 0.3) is 5.91 Å². The van der Waals surface area contributed by atoms with Crippen molar-refractivity contribution in [3.8, 4) is 0 Å². The molecule has 136 valence electrons. The largest absolute Gasteiger partial charge is 0.452 e. The van der Waals surface area contributed by atoms with Crippen molar-refractivity contribution in [2.75, 3.05) is 11.9 Å². The van der Waals surface area contributed by atoms with E-state index >= 15 is 0 Å². The summed E-state index contributed by atoms with van der Waals surface area (Å²) in [6.07, 6.45) is 3.74. The van der Waals surface area contributed by atoms with Crippen LogP contribution >= 0.6 is 0 Å². The second-order valence-electron chi connectivity index (χ2n) is 5.97. The lowest BCUT2D eigenvalue weighted by Crippen LogP contribution is -2.20. The van der Waals surface area contributed by atoms with Crippen molar-refractivity contribution < 1.29 is 18.7 Å². The first-order valence-electron chi connectivity index (χ1n) is 8.48. The molecule has 0 aliphatic carbocycles. The first-order valence-corrected chi connectivity index (χ1v) is 8.48. The van der Waals surface area contributed by atoms with E-state index in [4.69, 9.17) is 4.74 Å². The molecule has 2 rings (SSSR count). The molecule has 4 nitrogen and oxygen atoms in total. The lowest BCUT2D eigenvalue weighted by Gasteiger charge is -2.10. The topological polar surface area (TPSA) is 55.4 Å². The van der Waals surface area contributed by atoms with Crippen molar-refractivity contribution in [1.29, 1.82) is 0 Å². The molecule has 0 unspecified atom stereocenters. The molecule has 0 aromatic heterocycles. The summed E-state index contributed by atoms with van der Waals surface area (Å²) in [5.41, 5.74) is 2.53. The number of halogens is 1. The van der Waals surface area contributed by atoms with Gasteiger partial charge < -0.3 is 10.1 Å². The smallest absolute Gasteiger partial charge is 0.331 e. The van der Waals surface area contributed by atoms with Gasteiger partial charge in [-0.25, -0.2) is 9.18 Å². The second kappa shape index (κ2) is 9.51. The van der Waals surface area contributed by atoms with Gasteiger partial charge in [-0.15, -0.1) is 0 Å². The fourth-order valence-corrected chi connectivity index (χ4v) is 2.25. The number of ether oxygens (including phenoxy) is 1. The number of amides is 1. The second-order valence-corrected chi connectivity index (χ2v) is 5.97. The van der Waals surface area contributed by atoms with Crippen LogP contribution in [-0.2, 0) is 14.3 Å². The Morgan fingerprint density at radius 1 is 1.12 bits per heavy atom. The average Bonchev–Trinajstić information content (AvgIpc) is 2.66. The monoisotopic (exact) mass is 355 g/mol. The highest BCUT2D eigenvalue weighted by atomic mass is 19.1. The van der Waals surface area contributed by atoms with Gasteiger partial charge in [0.1, 0.15) is 5.82 Å². The molecule has 0 bridgehead atoms. The molecule has 0 saturated heterocycles. The highest BCUT2D eigenvalue weighted by molar-refractivity contribution is 5.94. The van der Waals surface area contributed by atoms with Crippen LogP contribution in [0.5, 0.6) is 0 Å². The molecule has 2 aromatic carbocycles. The normalized spacial score (nSPS) is 12.0. The number of benzene rings is 2. The summed E-state index contributed by atoms with van der Waals surface area (Å²) < 4.78 is 17.7. The van der Waals surface area contributed by atoms with Crippen molar-refractivity contribution >= 4 is 23.6 Å². The third-order valence-electron chi connectivity index (χ3n) is 4.00. The summed E-state index contributed by atoms with van der Waals surface area (Å²) in [4.78, 5) is 23.5. The Hall–Kier alpha value is -2.95. The molecule has 1 N–H and O–H groups in total. The predicted octanol–water partition coefficient (Wildman–Crippen LogP) is 4.53. The van der Waals surface area contributed by atoms with Gasteiger partial charge in [-0.1, -0.05) is 38.1 Å². The number of anilines is 1. The van der Waals surface area contributed by atoms with Crippen molar-refractivity contribution in [2.24, 2.45) is 0 Å². The minimum absolute atomic E-state index is 0.349. The predicted molar refractivity (Wildman–Crippen MR) is 100 cm³/mol. The van der Waals surface area contributed by atoms with E-state index in [1.54, 1.807) is 0 Å². The van der Waals surface area contributed by atoms with Gasteiger partial charge >= 0.3 is 5.97 Å². The highest BCUT2D eigenvalue weighted by Gasteiger charge is 2.07. The van der Waals surface area contributed by atoms with Crippen LogP contribution in [0.4, 0.5) is 10.1 Å². The van der Waals surface area contributed by atoms with E-state index in [-0.39, 0.29) is 12.4 Å². The molecule has 2 aromatic rings. The first kappa shape index (κ1) is 19.4. The lowest BCUT2D eigenvalue weighted by atomic mass is 9.99. The lowest BCUT2D eigenvalue weighted by molar-refractivity contribution is -0.142. The SMILES string of the molecule is CC[C@@H](C)c1ccc(NC(=O)COC(=O)/C=C/c2ccc(F)cc2)cc1. The highest BCUT2D eigenvalue weighted by Crippen LogP contribution is 2.20. The summed E-state index contributed by atoms with van der Waals surface area (Å²) in [7, 11) is 0. The fourth-order valence-electron chi connectivity index (χ4n) is 2.25. The Morgan fingerprint density at radius 2 is 1.77 bits per heavy atom. The molecule has 0 saturated carbocycles. The molecular weight excluding hydrogens is 333 g/mol. The van der Waals surface area contributed by atoms with Crippen LogP contribution in [0.2, 0.25) is 0 Å². The number of carbonyl (C=O) groups is 2. The van der Waals surface area contributed by atoms with Crippen molar-refractivity contribution in [3.05, 3.63) is 71.6 Å². The van der Waals surface area contributed by atoms with Crippen molar-refractivity contribution in [1.82, 2.24) is 0 Å². The van der Waals surface area contributed by atoms with Gasteiger partial charge in [0.2, 0.25) is 0 Å². The average molecular weight is 355 g/mol. The van der Waals surface area contributed by atoms with E-state index in [2.05, 4.69) is 19.2 Å². The van der Waals surface area contributed by atoms with E-state index in [1.165, 1.54) is 42.0 Å². The summed E-state index contributed by atoms with van der Waals surface area (Å²) in [6, 6.07) is 13.3. The Morgan fingerprint density at radius 3 is 2.38 bits per heavy atom. The zero-order valence-electron chi connectivity index (χ0n) is 14.9. The van der Waals surface area contributed by atoms with Crippen molar-refractivity contribution in [2.45, 2.75) is 26.2 Å². The van der Waals surface area contributed by atoms with Crippen LogP contribution in [0.15, 0.2) is 54.6 Å². The van der Waals surface area contributed by atoms with E-state index in [0.29, 0.717) is 17.2 Å². The zero-order valence-corrected chi connectivity index (χ0v) is 14.9. The van der Waals surface area contributed by atoms with E-state index in [9.17, 15) is 14.0 Å². The van der Waals surface area contributed by atoms with Crippen LogP contribution in [0.25, 0.3) is 6.08 Å². The van der Waals surface area contributed by atoms with E-state index in [0.717, 1.165) is 6.42 Å². The Kier molecular flexibility index (Phi) is 7.09. The number of carbonyl (C=O) groups excluding carboxylic acids is 2. The fraction of sp³-hybridized carbons (Fsp3) is 0.238. The maximum absolute atomic E-state index is 12.8. The summed E-state index contributed by atoms with van der Waals surface area (Å²) in [6.45, 7) is 3.89. The number of hydrogen-bond donors (Lipinski definition) is 1. The first-order chi connectivity index (χ1) is 12.5. The van der Waals surface area contributed by atoms with Crippen LogP contribution in [-0.4, -0.2) is 18.5 Å². The Balaban J connectivity index is 1.79. The van der Waals surface area contributed by atoms with Gasteiger partial charge in [-0.3, -0.25) is 4.79 Å². The van der Waals surface area contributed by atoms with Gasteiger partial charge in [-0.2, -0.15) is 0 Å². The van der Waals surface area contributed by atoms with E-state index < -0.39 is 11.9 Å². The Labute approximate surface area is 152 Å². The van der Waals surface area contributed by atoms with Crippen LogP contribution in [0.1, 0.15) is 37.3 Å². The maximum Gasteiger partial charge on any atom is 0.331 e. The summed E-state index contributed by atoms with van der Waals surface area (Å²) in [5, 5.41) is 2.68. The molecule has 0 fully saturated rings. The van der Waals surface area contributed by atoms with E-state index in [1.807, 2.05) is 24.3 Å². The van der Waals surface area contributed by atoms with Gasteiger partial charge in [-0.05, 0) is 53.8 Å². The number of hydrogen-bond acceptors (Lipinski definition) is 3. The summed E-state index contributed by atoms with van der Waals surface area (Å²) in [5.74, 6) is -0.936. The van der Waals surface area contributed by atoms with Crippen LogP contribution in [0.3, 0.4) is 0 Å². The van der Waals surface area contributed by atoms with Gasteiger partial charge in [0.05, 0.1) is 0 Å². The van der Waals surface area contributed by atoms with Crippen molar-refractivity contribution in [3.63, 3.8) is 0 Å². The summed E-state index contributed by atoms with van der Waals surface area (Å²) >= 11 is 0. The van der Waals surface area contributed by atoms with Gasteiger partial charge in [0.15, 0.2) is 6.61 Å². The number of esters is 1. The molecule has 26 heavy (non-hydrogen) atoms. The quantitative estimate of drug-likeness (QED) is 0.586. The molecule has 0 aliphatic rings. The minimum Gasteiger partial charge on any atom is -0.452 e. The molecule has 0 radical (unpaired) electrons. The molecular formula is C21H22FNO3. The van der Waals surface area contributed by atoms with Crippen LogP contribution < -0.4 is 5.32 Å². The Bertz CT molecular complexity index is 767. The third kappa shape index (κ3) is 6.16. The molecule has 1 atom stereocenters. The van der Waals surface area contributed by atoms with Gasteiger partial charge in [0, 0.05) is 11.8 Å². The standard InChI is InChI=1S/C21H22FNO3/c1-3-15(2)17-7-11-19(12-8-17)23-20(24)14-26-21(25)13-6-16-4-9-18(22)10-5-16/h4-13,15H,3,14H2,1-2H3,(H,23,24)/b13-6+/t15-/m1/s1. The molecule has 5 heteroatoms. The third-order valence-corrected chi connectivity index (χ3v) is 4.00. The molecule has 0 heterocycles. The number of rotatable bonds is 7. The minimum atomic E-state index is -0.642. The maximum atomic E-state index is 12.8. The van der Waals surface area contributed by atoms with Crippen LogP contribution in [0, 0.1) is 5.82 Å². The number of nitrogens with one attached hydrogen (secondary N) is 1. The zero-order chi connectivity index (χ0) is 18.9.